The van der Waals surface area contributed by atoms with Gasteiger partial charge in [0.25, 0.3) is 5.91 Å². The topological polar surface area (TPSA) is 67.9 Å². The molecule has 0 saturated carbocycles. The van der Waals surface area contributed by atoms with E-state index in [2.05, 4.69) is 5.32 Å². The summed E-state index contributed by atoms with van der Waals surface area (Å²) in [5.74, 6) is -1.18. The van der Waals surface area contributed by atoms with Crippen LogP contribution in [0, 0.1) is 5.82 Å². The van der Waals surface area contributed by atoms with Crippen molar-refractivity contribution >= 4 is 35.2 Å². The third-order valence-electron chi connectivity index (χ3n) is 4.96. The number of anilines is 1. The van der Waals surface area contributed by atoms with Crippen molar-refractivity contribution in [3.63, 3.8) is 0 Å². The summed E-state index contributed by atoms with van der Waals surface area (Å²) < 4.78 is 25.4. The number of nitrogens with zero attached hydrogens (tertiary/aromatic N) is 1. The van der Waals surface area contributed by atoms with Crippen molar-refractivity contribution in [3.8, 4) is 5.75 Å². The van der Waals surface area contributed by atoms with Gasteiger partial charge in [0, 0.05) is 18.7 Å². The molecular weight excluding hydrogens is 411 g/mol. The van der Waals surface area contributed by atoms with E-state index in [1.165, 1.54) is 29.2 Å². The number of ether oxygens (including phenoxy) is 2. The summed E-state index contributed by atoms with van der Waals surface area (Å²) in [6, 6.07) is 11.1. The molecule has 1 fully saturated rings. The van der Waals surface area contributed by atoms with E-state index in [9.17, 15) is 14.0 Å². The predicted molar refractivity (Wildman–Crippen MR) is 111 cm³/mol. The van der Waals surface area contributed by atoms with Gasteiger partial charge < -0.3 is 14.8 Å². The molecule has 4 rings (SSSR count). The molecule has 2 heterocycles. The average molecular weight is 431 g/mol. The third-order valence-corrected chi connectivity index (χ3v) is 5.29. The lowest BCUT2D eigenvalue weighted by atomic mass is 10.1. The van der Waals surface area contributed by atoms with Gasteiger partial charge in [0.2, 0.25) is 5.91 Å². The number of fused-ring (bicyclic) bond motifs is 1. The zero-order valence-corrected chi connectivity index (χ0v) is 16.8. The first-order valence-corrected chi connectivity index (χ1v) is 10.0. The lowest BCUT2D eigenvalue weighted by molar-refractivity contribution is -0.123. The van der Waals surface area contributed by atoms with E-state index < -0.39 is 11.7 Å². The van der Waals surface area contributed by atoms with Gasteiger partial charge in [0.15, 0.2) is 11.5 Å². The van der Waals surface area contributed by atoms with Crippen LogP contribution in [0.15, 0.2) is 48.2 Å². The van der Waals surface area contributed by atoms with Crippen LogP contribution in [0.4, 0.5) is 10.1 Å². The highest BCUT2D eigenvalue weighted by atomic mass is 35.5. The van der Waals surface area contributed by atoms with Gasteiger partial charge in [-0.05, 0) is 43.2 Å². The molecule has 0 radical (unpaired) electrons. The highest BCUT2D eigenvalue weighted by Crippen LogP contribution is 2.36. The molecule has 156 valence electrons. The van der Waals surface area contributed by atoms with Gasteiger partial charge in [-0.1, -0.05) is 29.8 Å². The minimum absolute atomic E-state index is 0.000261. The van der Waals surface area contributed by atoms with Crippen LogP contribution in [0.25, 0.3) is 6.08 Å². The van der Waals surface area contributed by atoms with Crippen molar-refractivity contribution in [1.82, 2.24) is 5.32 Å². The van der Waals surface area contributed by atoms with E-state index in [-0.39, 0.29) is 34.9 Å². The minimum Gasteiger partial charge on any atom is -0.449 e. The van der Waals surface area contributed by atoms with Gasteiger partial charge in [-0.3, -0.25) is 14.5 Å². The highest BCUT2D eigenvalue weighted by Gasteiger charge is 2.32. The number of benzene rings is 2. The van der Waals surface area contributed by atoms with Crippen LogP contribution in [0.3, 0.4) is 0 Å². The first kappa shape index (κ1) is 20.4. The number of rotatable bonds is 5. The number of nitrogens with one attached hydrogen (secondary N) is 1. The van der Waals surface area contributed by atoms with Crippen LogP contribution in [-0.4, -0.2) is 37.6 Å². The second-order valence-corrected chi connectivity index (χ2v) is 7.45. The minimum atomic E-state index is -0.578. The van der Waals surface area contributed by atoms with E-state index in [4.69, 9.17) is 21.1 Å². The molecule has 8 heteroatoms. The maximum Gasteiger partial charge on any atom is 0.294 e. The van der Waals surface area contributed by atoms with Gasteiger partial charge in [-0.2, -0.15) is 0 Å². The lowest BCUT2D eigenvalue weighted by Gasteiger charge is -2.30. The molecule has 0 aromatic heterocycles. The summed E-state index contributed by atoms with van der Waals surface area (Å²) >= 11 is 6.08. The van der Waals surface area contributed by atoms with E-state index in [0.29, 0.717) is 24.6 Å². The quantitative estimate of drug-likeness (QED) is 0.737. The summed E-state index contributed by atoms with van der Waals surface area (Å²) in [4.78, 5) is 26.9. The Labute approximate surface area is 178 Å². The van der Waals surface area contributed by atoms with Gasteiger partial charge in [0.1, 0.15) is 12.4 Å². The molecule has 2 aromatic carbocycles. The Morgan fingerprint density at radius 3 is 2.87 bits per heavy atom. The van der Waals surface area contributed by atoms with Gasteiger partial charge in [0.05, 0.1) is 16.8 Å². The summed E-state index contributed by atoms with van der Waals surface area (Å²) in [5, 5.41) is 2.96. The number of carbonyl (C=O) groups is 2. The summed E-state index contributed by atoms with van der Waals surface area (Å²) in [5.41, 5.74) is 0.510. The SMILES string of the molecule is O=C(CN1C(=O)/C(=C/c2c(F)cccc2Cl)Oc2ccccc21)NC[C@@H]1CCCO1. The number of carbonyl (C=O) groups excluding carboxylic acids is 2. The second-order valence-electron chi connectivity index (χ2n) is 7.04. The molecule has 2 aliphatic rings. The Balaban J connectivity index is 1.58. The predicted octanol–water partition coefficient (Wildman–Crippen LogP) is 3.54. The van der Waals surface area contributed by atoms with Crippen molar-refractivity contribution in [1.29, 1.82) is 0 Å². The summed E-state index contributed by atoms with van der Waals surface area (Å²) in [6.45, 7) is 0.892. The molecule has 30 heavy (non-hydrogen) atoms. The monoisotopic (exact) mass is 430 g/mol. The molecule has 0 unspecified atom stereocenters. The molecule has 1 saturated heterocycles. The second kappa shape index (κ2) is 8.85. The maximum absolute atomic E-state index is 14.2. The standard InChI is InChI=1S/C22H20ClFN2O4/c23-16-6-3-7-17(24)15(16)11-20-22(28)26(18-8-1-2-9-19(18)30-20)13-21(27)25-12-14-5-4-10-29-14/h1-3,6-9,11,14H,4-5,10,12-13H2,(H,25,27)/b20-11-/t14-/m0/s1. The van der Waals surface area contributed by atoms with Crippen LogP contribution >= 0.6 is 11.6 Å². The van der Waals surface area contributed by atoms with Crippen LogP contribution in [0.5, 0.6) is 5.75 Å². The van der Waals surface area contributed by atoms with Crippen LogP contribution in [0.2, 0.25) is 5.02 Å². The lowest BCUT2D eigenvalue weighted by Crippen LogP contribution is -2.45. The number of amides is 2. The normalized spacial score (nSPS) is 19.5. The molecule has 0 aliphatic carbocycles. The van der Waals surface area contributed by atoms with Crippen LogP contribution in [0.1, 0.15) is 18.4 Å². The molecule has 1 N–H and O–H groups in total. The van der Waals surface area contributed by atoms with Crippen molar-refractivity contribution in [2.75, 3.05) is 24.6 Å². The molecule has 1 atom stereocenters. The van der Waals surface area contributed by atoms with E-state index in [0.717, 1.165) is 12.8 Å². The average Bonchev–Trinajstić information content (AvgIpc) is 3.26. The van der Waals surface area contributed by atoms with E-state index in [1.807, 2.05) is 0 Å². The molecule has 0 bridgehead atoms. The van der Waals surface area contributed by atoms with Gasteiger partial charge in [-0.15, -0.1) is 0 Å². The number of hydrogen-bond donors (Lipinski definition) is 1. The Morgan fingerprint density at radius 1 is 1.27 bits per heavy atom. The molecule has 2 amide bonds. The smallest absolute Gasteiger partial charge is 0.294 e. The van der Waals surface area contributed by atoms with E-state index in [1.54, 1.807) is 24.3 Å². The fourth-order valence-corrected chi connectivity index (χ4v) is 3.65. The molecule has 0 spiro atoms. The first-order chi connectivity index (χ1) is 14.5. The van der Waals surface area contributed by atoms with Crippen molar-refractivity contribution in [2.45, 2.75) is 18.9 Å². The first-order valence-electron chi connectivity index (χ1n) is 9.65. The maximum atomic E-state index is 14.2. The molecular formula is C22H20ClFN2O4. The zero-order valence-electron chi connectivity index (χ0n) is 16.1. The Hall–Kier alpha value is -2.90. The van der Waals surface area contributed by atoms with E-state index >= 15 is 0 Å². The van der Waals surface area contributed by atoms with Gasteiger partial charge in [-0.25, -0.2) is 4.39 Å². The van der Waals surface area contributed by atoms with Crippen LogP contribution in [-0.2, 0) is 14.3 Å². The highest BCUT2D eigenvalue weighted by molar-refractivity contribution is 6.32. The van der Waals surface area contributed by atoms with Crippen molar-refractivity contribution in [2.24, 2.45) is 0 Å². The number of halogens is 2. The largest absolute Gasteiger partial charge is 0.449 e. The molecule has 6 nitrogen and oxygen atoms in total. The Kier molecular flexibility index (Phi) is 6.01. The number of para-hydroxylation sites is 2. The van der Waals surface area contributed by atoms with Crippen LogP contribution < -0.4 is 15.0 Å². The fourth-order valence-electron chi connectivity index (χ4n) is 3.43. The fraction of sp³-hybridized carbons (Fsp3) is 0.273. The molecule has 2 aliphatic heterocycles. The zero-order chi connectivity index (χ0) is 21.1. The summed E-state index contributed by atoms with van der Waals surface area (Å²) in [7, 11) is 0. The van der Waals surface area contributed by atoms with Crippen molar-refractivity contribution < 1.29 is 23.5 Å². The van der Waals surface area contributed by atoms with Crippen molar-refractivity contribution in [3.05, 3.63) is 64.6 Å². The number of hydrogen-bond acceptors (Lipinski definition) is 4. The molecule has 2 aromatic rings. The Morgan fingerprint density at radius 2 is 2.10 bits per heavy atom. The third kappa shape index (κ3) is 4.32. The Bertz CT molecular complexity index is 984. The van der Waals surface area contributed by atoms with Gasteiger partial charge >= 0.3 is 0 Å². The summed E-state index contributed by atoms with van der Waals surface area (Å²) in [6.07, 6.45) is 3.13.